The highest BCUT2D eigenvalue weighted by atomic mass is 32.2. The second kappa shape index (κ2) is 5.37. The first-order valence-electron chi connectivity index (χ1n) is 7.99. The normalized spacial score (nSPS) is 29.3. The summed E-state index contributed by atoms with van der Waals surface area (Å²) >= 11 is 0. The Kier molecular flexibility index (Phi) is 3.45. The lowest BCUT2D eigenvalue weighted by Gasteiger charge is -2.35. The van der Waals surface area contributed by atoms with Gasteiger partial charge in [-0.1, -0.05) is 35.5 Å². The minimum absolute atomic E-state index is 0.176. The fourth-order valence-electron chi connectivity index (χ4n) is 3.79. The molecule has 0 bridgehead atoms. The Hall–Kier alpha value is -2.75. The molecule has 0 radical (unpaired) electrons. The highest BCUT2D eigenvalue weighted by Gasteiger charge is 2.70. The number of amides is 1. The van der Waals surface area contributed by atoms with Crippen LogP contribution in [0.2, 0.25) is 0 Å². The molecule has 1 amide bonds. The number of hydrogen-bond acceptors (Lipinski definition) is 6. The molecule has 26 heavy (non-hydrogen) atoms. The molecule has 0 spiro atoms. The Morgan fingerprint density at radius 1 is 1.35 bits per heavy atom. The molecule has 4 rings (SSSR count). The van der Waals surface area contributed by atoms with Crippen LogP contribution in [0.15, 0.2) is 36.5 Å². The number of carboxylic acids is 1. The third-order valence-electron chi connectivity index (χ3n) is 5.20. The number of carbonyl (C=O) groups excluding carboxylic acids is 1. The lowest BCUT2D eigenvalue weighted by molar-refractivity contribution is -0.157. The number of carbonyl (C=O) groups is 2. The van der Waals surface area contributed by atoms with E-state index in [1.807, 2.05) is 30.3 Å². The molecule has 2 aliphatic rings. The summed E-state index contributed by atoms with van der Waals surface area (Å²) in [6, 6.07) is 7.69. The van der Waals surface area contributed by atoms with Crippen LogP contribution in [-0.2, 0) is 26.0 Å². The summed E-state index contributed by atoms with van der Waals surface area (Å²) in [4.78, 5) is 24.6. The SMILES string of the molecule is C[C@]1(Cn2nncc2-c2ccccc2)[C@H](C(=O)O)N2C(=O)C[C@H]2S1(=O)=O. The molecule has 1 aromatic heterocycles. The summed E-state index contributed by atoms with van der Waals surface area (Å²) in [6.45, 7) is 1.15. The molecule has 3 atom stereocenters. The van der Waals surface area contributed by atoms with Crippen LogP contribution in [0.4, 0.5) is 0 Å². The smallest absolute Gasteiger partial charge is 0.328 e. The van der Waals surface area contributed by atoms with E-state index in [4.69, 9.17) is 0 Å². The predicted octanol–water partition coefficient (Wildman–Crippen LogP) is 0.144. The molecule has 2 fully saturated rings. The first-order chi connectivity index (χ1) is 12.3. The third kappa shape index (κ3) is 2.05. The number of hydrogen-bond donors (Lipinski definition) is 1. The largest absolute Gasteiger partial charge is 0.480 e. The molecule has 0 saturated carbocycles. The highest BCUT2D eigenvalue weighted by molar-refractivity contribution is 7.93. The van der Waals surface area contributed by atoms with Gasteiger partial charge in [-0.2, -0.15) is 0 Å². The zero-order valence-electron chi connectivity index (χ0n) is 13.8. The van der Waals surface area contributed by atoms with Crippen molar-refractivity contribution in [1.82, 2.24) is 19.9 Å². The third-order valence-corrected chi connectivity index (χ3v) is 7.96. The van der Waals surface area contributed by atoms with E-state index in [2.05, 4.69) is 10.3 Å². The summed E-state index contributed by atoms with van der Waals surface area (Å²) in [6.07, 6.45) is 1.32. The monoisotopic (exact) mass is 376 g/mol. The summed E-state index contributed by atoms with van der Waals surface area (Å²) < 4.78 is 25.7. The summed E-state index contributed by atoms with van der Waals surface area (Å²) in [5.41, 5.74) is 1.36. The van der Waals surface area contributed by atoms with Crippen LogP contribution >= 0.6 is 0 Å². The number of nitrogens with zero attached hydrogens (tertiary/aromatic N) is 4. The second-order valence-corrected chi connectivity index (χ2v) is 9.27. The average molecular weight is 376 g/mol. The van der Waals surface area contributed by atoms with Crippen LogP contribution in [0.5, 0.6) is 0 Å². The number of carboxylic acid groups (broad SMARTS) is 1. The first kappa shape index (κ1) is 16.7. The Bertz CT molecular complexity index is 1000. The van der Waals surface area contributed by atoms with Gasteiger partial charge < -0.3 is 10.0 Å². The topological polar surface area (TPSA) is 122 Å². The minimum Gasteiger partial charge on any atom is -0.480 e. The van der Waals surface area contributed by atoms with E-state index < -0.39 is 37.9 Å². The maximum absolute atomic E-state index is 13.0. The van der Waals surface area contributed by atoms with Crippen LogP contribution < -0.4 is 0 Å². The standard InChI is InChI=1S/C16H16N4O5S/c1-16(9-19-11(8-17-18-19)10-5-3-2-4-6-10)14(15(22)23)20-12(21)7-13(20)26(16,24)25/h2-6,8,13-14H,7,9H2,1H3,(H,22,23)/t13-,14+,16+/m1/s1. The van der Waals surface area contributed by atoms with Crippen LogP contribution in [0.25, 0.3) is 11.3 Å². The van der Waals surface area contributed by atoms with Gasteiger partial charge in [-0.15, -0.1) is 5.10 Å². The Balaban J connectivity index is 1.79. The number of aliphatic carboxylic acids is 1. The molecule has 2 aliphatic heterocycles. The lowest BCUT2D eigenvalue weighted by Crippen LogP contribution is -2.58. The van der Waals surface area contributed by atoms with Crippen LogP contribution in [0, 0.1) is 0 Å². The maximum Gasteiger partial charge on any atom is 0.328 e. The Labute approximate surface area is 149 Å². The van der Waals surface area contributed by atoms with E-state index >= 15 is 0 Å². The van der Waals surface area contributed by atoms with Gasteiger partial charge in [-0.05, 0) is 6.92 Å². The van der Waals surface area contributed by atoms with Gasteiger partial charge in [0.15, 0.2) is 15.9 Å². The zero-order chi connectivity index (χ0) is 18.7. The molecule has 0 aliphatic carbocycles. The van der Waals surface area contributed by atoms with Crippen LogP contribution in [-0.4, -0.2) is 61.5 Å². The van der Waals surface area contributed by atoms with Crippen molar-refractivity contribution in [3.63, 3.8) is 0 Å². The van der Waals surface area contributed by atoms with Gasteiger partial charge in [0.2, 0.25) is 5.91 Å². The minimum atomic E-state index is -3.89. The fourth-order valence-corrected chi connectivity index (χ4v) is 6.14. The van der Waals surface area contributed by atoms with Crippen LogP contribution in [0.3, 0.4) is 0 Å². The zero-order valence-corrected chi connectivity index (χ0v) is 14.6. The molecule has 2 aromatic rings. The van der Waals surface area contributed by atoms with Gasteiger partial charge in [0.05, 0.1) is 24.9 Å². The quantitative estimate of drug-likeness (QED) is 0.753. The number of benzene rings is 1. The van der Waals surface area contributed by atoms with Gasteiger partial charge >= 0.3 is 5.97 Å². The summed E-state index contributed by atoms with van der Waals surface area (Å²) in [5.74, 6) is -1.80. The molecule has 1 N–H and O–H groups in total. The molecular weight excluding hydrogens is 360 g/mol. The Morgan fingerprint density at radius 3 is 2.65 bits per heavy atom. The first-order valence-corrected chi connectivity index (χ1v) is 9.53. The van der Waals surface area contributed by atoms with E-state index in [0.29, 0.717) is 5.69 Å². The molecule has 0 unspecified atom stereocenters. The van der Waals surface area contributed by atoms with Gasteiger partial charge in [0.25, 0.3) is 0 Å². The van der Waals surface area contributed by atoms with Gasteiger partial charge in [-0.3, -0.25) is 4.79 Å². The van der Waals surface area contributed by atoms with Crippen molar-refractivity contribution in [2.75, 3.05) is 0 Å². The molecule has 136 valence electrons. The summed E-state index contributed by atoms with van der Waals surface area (Å²) in [7, 11) is -3.89. The van der Waals surface area contributed by atoms with E-state index in [1.54, 1.807) is 0 Å². The Morgan fingerprint density at radius 2 is 2.04 bits per heavy atom. The number of rotatable bonds is 4. The van der Waals surface area contributed by atoms with Gasteiger partial charge in [0, 0.05) is 5.56 Å². The number of sulfone groups is 1. The van der Waals surface area contributed by atoms with E-state index in [-0.39, 0.29) is 13.0 Å². The summed E-state index contributed by atoms with van der Waals surface area (Å²) in [5, 5.41) is 16.4. The second-order valence-electron chi connectivity index (χ2n) is 6.70. The molecule has 1 aromatic carbocycles. The van der Waals surface area contributed by atoms with Crippen molar-refractivity contribution in [2.45, 2.75) is 36.1 Å². The highest BCUT2D eigenvalue weighted by Crippen LogP contribution is 2.47. The number of fused-ring (bicyclic) bond motifs is 1. The molecular formula is C16H16N4O5S. The molecule has 9 nitrogen and oxygen atoms in total. The van der Waals surface area contributed by atoms with Crippen molar-refractivity contribution in [1.29, 1.82) is 0 Å². The van der Waals surface area contributed by atoms with E-state index in [0.717, 1.165) is 10.5 Å². The van der Waals surface area contributed by atoms with Crippen molar-refractivity contribution in [3.8, 4) is 11.3 Å². The van der Waals surface area contributed by atoms with Crippen molar-refractivity contribution in [3.05, 3.63) is 36.5 Å². The van der Waals surface area contributed by atoms with Crippen molar-refractivity contribution in [2.24, 2.45) is 0 Å². The predicted molar refractivity (Wildman–Crippen MR) is 89.5 cm³/mol. The van der Waals surface area contributed by atoms with Gasteiger partial charge in [0.1, 0.15) is 10.1 Å². The number of β-lactam (4-membered cyclic amide) rings is 1. The fraction of sp³-hybridized carbons (Fsp3) is 0.375. The average Bonchev–Trinajstić information content (AvgIpc) is 3.09. The van der Waals surface area contributed by atoms with E-state index in [1.165, 1.54) is 17.8 Å². The lowest BCUT2D eigenvalue weighted by atomic mass is 9.96. The number of aromatic nitrogens is 3. The molecule has 10 heteroatoms. The van der Waals surface area contributed by atoms with E-state index in [9.17, 15) is 23.1 Å². The van der Waals surface area contributed by atoms with Crippen LogP contribution in [0.1, 0.15) is 13.3 Å². The van der Waals surface area contributed by atoms with Gasteiger partial charge in [-0.25, -0.2) is 17.9 Å². The molecule has 2 saturated heterocycles. The van der Waals surface area contributed by atoms with Crippen molar-refractivity contribution < 1.29 is 23.1 Å². The molecule has 3 heterocycles. The van der Waals surface area contributed by atoms with Crippen molar-refractivity contribution >= 4 is 21.7 Å². The maximum atomic E-state index is 13.0.